The van der Waals surface area contributed by atoms with E-state index in [4.69, 9.17) is 0 Å². The maximum Gasteiger partial charge on any atom is 0.256 e. The van der Waals surface area contributed by atoms with Gasteiger partial charge in [-0.05, 0) is 62.7 Å². The maximum absolute atomic E-state index is 12.9. The van der Waals surface area contributed by atoms with E-state index in [1.807, 2.05) is 17.0 Å². The lowest BCUT2D eigenvalue weighted by Crippen LogP contribution is -2.38. The summed E-state index contributed by atoms with van der Waals surface area (Å²) in [5, 5.41) is 3.45. The highest BCUT2D eigenvalue weighted by Crippen LogP contribution is 2.39. The molecule has 4 rings (SSSR count). The number of nitrogens with one attached hydrogen (secondary N) is 1. The van der Waals surface area contributed by atoms with Gasteiger partial charge in [-0.2, -0.15) is 0 Å². The second-order valence-electron chi connectivity index (χ2n) is 7.43. The standard InChI is InChI=1S/C20H25N5O.ClH/c26-19(17-14-23-18(24-15-17)16-2-8-21-9-3-16)25-12-1-4-20(7-13-25)5-10-22-11-6-20;/h2-3,8-9,14-15,22H,1,4-7,10-13H2;1H. The van der Waals surface area contributed by atoms with E-state index in [2.05, 4.69) is 20.3 Å². The molecule has 2 aromatic rings. The summed E-state index contributed by atoms with van der Waals surface area (Å²) in [5.74, 6) is 0.672. The van der Waals surface area contributed by atoms with Crippen LogP contribution in [0.3, 0.4) is 0 Å². The lowest BCUT2D eigenvalue weighted by molar-refractivity contribution is 0.0749. The number of hydrogen-bond acceptors (Lipinski definition) is 5. The van der Waals surface area contributed by atoms with E-state index in [0.717, 1.165) is 44.6 Å². The minimum atomic E-state index is 0. The Balaban J connectivity index is 0.00000210. The highest BCUT2D eigenvalue weighted by molar-refractivity contribution is 5.93. The number of amides is 1. The highest BCUT2D eigenvalue weighted by Gasteiger charge is 2.34. The monoisotopic (exact) mass is 387 g/mol. The average Bonchev–Trinajstić information content (AvgIpc) is 2.91. The molecule has 1 N–H and O–H groups in total. The molecular formula is C20H26ClN5O. The number of likely N-dealkylation sites (tertiary alicyclic amines) is 1. The predicted octanol–water partition coefficient (Wildman–Crippen LogP) is 2.96. The van der Waals surface area contributed by atoms with Gasteiger partial charge in [0.1, 0.15) is 0 Å². The Hall–Kier alpha value is -2.05. The third kappa shape index (κ3) is 4.45. The lowest BCUT2D eigenvalue weighted by Gasteiger charge is -2.37. The van der Waals surface area contributed by atoms with Gasteiger partial charge in [-0.15, -0.1) is 12.4 Å². The highest BCUT2D eigenvalue weighted by atomic mass is 35.5. The summed E-state index contributed by atoms with van der Waals surface area (Å²) in [7, 11) is 0. The van der Waals surface area contributed by atoms with Gasteiger partial charge in [0.25, 0.3) is 5.91 Å². The topological polar surface area (TPSA) is 71.0 Å². The molecule has 0 aliphatic carbocycles. The van der Waals surface area contributed by atoms with Crippen molar-refractivity contribution < 1.29 is 4.79 Å². The number of nitrogens with zero attached hydrogens (tertiary/aromatic N) is 4. The van der Waals surface area contributed by atoms with Crippen molar-refractivity contribution in [2.75, 3.05) is 26.2 Å². The molecule has 2 aliphatic heterocycles. The zero-order chi connectivity index (χ0) is 17.8. The van der Waals surface area contributed by atoms with E-state index < -0.39 is 0 Å². The van der Waals surface area contributed by atoms with E-state index in [-0.39, 0.29) is 18.3 Å². The normalized spacial score (nSPS) is 19.2. The van der Waals surface area contributed by atoms with Gasteiger partial charge < -0.3 is 10.2 Å². The molecule has 2 saturated heterocycles. The summed E-state index contributed by atoms with van der Waals surface area (Å²) in [6, 6.07) is 3.73. The van der Waals surface area contributed by atoms with E-state index in [9.17, 15) is 4.79 Å². The summed E-state index contributed by atoms with van der Waals surface area (Å²) in [5.41, 5.74) is 1.91. The number of carbonyl (C=O) groups excluding carboxylic acids is 1. The van der Waals surface area contributed by atoms with Gasteiger partial charge in [-0.3, -0.25) is 9.78 Å². The average molecular weight is 388 g/mol. The fourth-order valence-electron chi connectivity index (χ4n) is 4.19. The van der Waals surface area contributed by atoms with Crippen LogP contribution in [0.15, 0.2) is 36.9 Å². The molecule has 27 heavy (non-hydrogen) atoms. The zero-order valence-corrected chi connectivity index (χ0v) is 16.2. The van der Waals surface area contributed by atoms with Crippen molar-refractivity contribution in [3.8, 4) is 11.4 Å². The molecule has 6 nitrogen and oxygen atoms in total. The molecule has 0 unspecified atom stereocenters. The maximum atomic E-state index is 12.9. The molecule has 144 valence electrons. The summed E-state index contributed by atoms with van der Waals surface area (Å²) >= 11 is 0. The first-order valence-electron chi connectivity index (χ1n) is 9.48. The lowest BCUT2D eigenvalue weighted by atomic mass is 9.73. The van der Waals surface area contributed by atoms with Crippen molar-refractivity contribution in [1.29, 1.82) is 0 Å². The Morgan fingerprint density at radius 2 is 1.70 bits per heavy atom. The second-order valence-corrected chi connectivity index (χ2v) is 7.43. The Labute approximate surface area is 166 Å². The summed E-state index contributed by atoms with van der Waals surface area (Å²) < 4.78 is 0. The number of carbonyl (C=O) groups is 1. The first kappa shape index (κ1) is 19.7. The van der Waals surface area contributed by atoms with Crippen LogP contribution in [0.5, 0.6) is 0 Å². The predicted molar refractivity (Wildman–Crippen MR) is 107 cm³/mol. The van der Waals surface area contributed by atoms with Crippen LogP contribution in [0.2, 0.25) is 0 Å². The molecular weight excluding hydrogens is 362 g/mol. The Morgan fingerprint density at radius 1 is 1.00 bits per heavy atom. The first-order chi connectivity index (χ1) is 12.8. The smallest absolute Gasteiger partial charge is 0.256 e. The van der Waals surface area contributed by atoms with Gasteiger partial charge >= 0.3 is 0 Å². The molecule has 1 spiro atoms. The Bertz CT molecular complexity index is 747. The SMILES string of the molecule is Cl.O=C(c1cnc(-c2ccncc2)nc1)N1CCCC2(CCNCC2)CC1. The van der Waals surface area contributed by atoms with Crippen LogP contribution in [-0.2, 0) is 0 Å². The fraction of sp³-hybridized carbons (Fsp3) is 0.500. The van der Waals surface area contributed by atoms with Crippen molar-refractivity contribution in [3.63, 3.8) is 0 Å². The van der Waals surface area contributed by atoms with Gasteiger partial charge in [-0.1, -0.05) is 0 Å². The summed E-state index contributed by atoms with van der Waals surface area (Å²) in [6.45, 7) is 3.89. The number of halogens is 1. The third-order valence-electron chi connectivity index (χ3n) is 5.84. The molecule has 7 heteroatoms. The van der Waals surface area contributed by atoms with Crippen molar-refractivity contribution in [1.82, 2.24) is 25.2 Å². The molecule has 0 aromatic carbocycles. The van der Waals surface area contributed by atoms with Crippen LogP contribution in [0.4, 0.5) is 0 Å². The minimum absolute atomic E-state index is 0. The minimum Gasteiger partial charge on any atom is -0.339 e. The number of hydrogen-bond donors (Lipinski definition) is 1. The van der Waals surface area contributed by atoms with Crippen molar-refractivity contribution >= 4 is 18.3 Å². The van der Waals surface area contributed by atoms with Gasteiger partial charge in [-0.25, -0.2) is 9.97 Å². The Kier molecular flexibility index (Phi) is 6.39. The van der Waals surface area contributed by atoms with Crippen LogP contribution < -0.4 is 5.32 Å². The molecule has 4 heterocycles. The van der Waals surface area contributed by atoms with Crippen molar-refractivity contribution in [3.05, 3.63) is 42.5 Å². The quantitative estimate of drug-likeness (QED) is 0.857. The molecule has 0 atom stereocenters. The summed E-state index contributed by atoms with van der Waals surface area (Å²) in [4.78, 5) is 27.6. The van der Waals surface area contributed by atoms with Crippen LogP contribution in [0.1, 0.15) is 42.5 Å². The molecule has 2 fully saturated rings. The second kappa shape index (κ2) is 8.76. The van der Waals surface area contributed by atoms with Crippen molar-refractivity contribution in [2.24, 2.45) is 5.41 Å². The summed E-state index contributed by atoms with van der Waals surface area (Å²) in [6.07, 6.45) is 12.6. The Morgan fingerprint density at radius 3 is 2.41 bits per heavy atom. The molecule has 0 bridgehead atoms. The van der Waals surface area contributed by atoms with Crippen LogP contribution in [-0.4, -0.2) is 51.9 Å². The van der Waals surface area contributed by atoms with E-state index in [1.54, 1.807) is 24.8 Å². The van der Waals surface area contributed by atoms with Crippen LogP contribution in [0, 0.1) is 5.41 Å². The first-order valence-corrected chi connectivity index (χ1v) is 9.48. The number of aromatic nitrogens is 3. The van der Waals surface area contributed by atoms with E-state index >= 15 is 0 Å². The van der Waals surface area contributed by atoms with Gasteiger partial charge in [0.15, 0.2) is 5.82 Å². The molecule has 1 amide bonds. The third-order valence-corrected chi connectivity index (χ3v) is 5.84. The van der Waals surface area contributed by atoms with E-state index in [0.29, 0.717) is 16.8 Å². The van der Waals surface area contributed by atoms with Gasteiger partial charge in [0.2, 0.25) is 0 Å². The van der Waals surface area contributed by atoms with Crippen LogP contribution in [0.25, 0.3) is 11.4 Å². The number of piperidine rings is 1. The largest absolute Gasteiger partial charge is 0.339 e. The fourth-order valence-corrected chi connectivity index (χ4v) is 4.19. The molecule has 0 radical (unpaired) electrons. The molecule has 0 saturated carbocycles. The van der Waals surface area contributed by atoms with Crippen LogP contribution >= 0.6 is 12.4 Å². The van der Waals surface area contributed by atoms with Crippen molar-refractivity contribution in [2.45, 2.75) is 32.1 Å². The van der Waals surface area contributed by atoms with E-state index in [1.165, 1.54) is 19.3 Å². The van der Waals surface area contributed by atoms with Gasteiger partial charge in [0.05, 0.1) is 5.56 Å². The zero-order valence-electron chi connectivity index (χ0n) is 15.4. The number of pyridine rings is 1. The molecule has 2 aliphatic rings. The molecule has 2 aromatic heterocycles. The number of rotatable bonds is 2. The van der Waals surface area contributed by atoms with Gasteiger partial charge in [0, 0.05) is 43.4 Å².